The molecule has 0 aliphatic heterocycles. The minimum Gasteiger partial charge on any atom is -0.493 e. The lowest BCUT2D eigenvalue weighted by Gasteiger charge is -2.15. The zero-order chi connectivity index (χ0) is 23.2. The molecule has 0 spiro atoms. The fourth-order valence-corrected chi connectivity index (χ4v) is 2.62. The van der Waals surface area contributed by atoms with Crippen molar-refractivity contribution in [2.75, 3.05) is 39.7 Å². The quantitative estimate of drug-likeness (QED) is 0.344. The van der Waals surface area contributed by atoms with Crippen LogP contribution in [0.3, 0.4) is 0 Å². The number of hydrogen-bond acceptors (Lipinski definition) is 8. The first-order valence-electron chi connectivity index (χ1n) is 8.66. The number of nitro groups is 1. The molecule has 0 bridgehead atoms. The van der Waals surface area contributed by atoms with Gasteiger partial charge in [0.25, 0.3) is 5.91 Å². The molecule has 0 unspecified atom stereocenters. The highest BCUT2D eigenvalue weighted by Gasteiger charge is 2.32. The number of aromatic nitrogens is 1. The molecule has 1 heterocycles. The number of rotatable bonds is 9. The van der Waals surface area contributed by atoms with Crippen molar-refractivity contribution < 1.29 is 37.1 Å². The highest BCUT2D eigenvalue weighted by atomic mass is 19.4. The number of nitrogens with one attached hydrogen (secondary N) is 2. The summed E-state index contributed by atoms with van der Waals surface area (Å²) in [4.78, 5) is 26.9. The summed E-state index contributed by atoms with van der Waals surface area (Å²) in [5, 5.41) is 16.7. The lowest BCUT2D eigenvalue weighted by Crippen LogP contribution is -2.29. The van der Waals surface area contributed by atoms with Crippen molar-refractivity contribution in [3.63, 3.8) is 0 Å². The van der Waals surface area contributed by atoms with Crippen LogP contribution in [0, 0.1) is 10.1 Å². The van der Waals surface area contributed by atoms with Gasteiger partial charge < -0.3 is 24.8 Å². The van der Waals surface area contributed by atoms with E-state index in [-0.39, 0.29) is 41.7 Å². The molecule has 168 valence electrons. The molecule has 0 aliphatic rings. The maximum absolute atomic E-state index is 12.5. The maximum atomic E-state index is 12.5. The molecular weight excluding hydrogens is 425 g/mol. The summed E-state index contributed by atoms with van der Waals surface area (Å²) in [7, 11) is 3.75. The lowest BCUT2D eigenvalue weighted by molar-refractivity contribution is -0.386. The van der Waals surface area contributed by atoms with Crippen LogP contribution in [0.25, 0.3) is 0 Å². The number of ether oxygens (including phenoxy) is 3. The molecule has 10 nitrogen and oxygen atoms in total. The van der Waals surface area contributed by atoms with E-state index in [1.165, 1.54) is 21.3 Å². The summed E-state index contributed by atoms with van der Waals surface area (Å²) >= 11 is 0. The molecule has 0 aliphatic carbocycles. The Bertz CT molecular complexity index is 951. The zero-order valence-electron chi connectivity index (χ0n) is 16.7. The Kier molecular flexibility index (Phi) is 7.45. The number of alkyl halides is 3. The second kappa shape index (κ2) is 9.82. The van der Waals surface area contributed by atoms with Gasteiger partial charge in [-0.05, 0) is 12.1 Å². The van der Waals surface area contributed by atoms with Gasteiger partial charge in [-0.2, -0.15) is 13.2 Å². The Morgan fingerprint density at radius 3 is 2.29 bits per heavy atom. The van der Waals surface area contributed by atoms with E-state index < -0.39 is 28.3 Å². The smallest absolute Gasteiger partial charge is 0.417 e. The first-order chi connectivity index (χ1) is 14.6. The molecule has 13 heteroatoms. The Labute approximate surface area is 174 Å². The van der Waals surface area contributed by atoms with E-state index in [9.17, 15) is 28.1 Å². The summed E-state index contributed by atoms with van der Waals surface area (Å²) in [6, 6.07) is 3.17. The van der Waals surface area contributed by atoms with Gasteiger partial charge in [-0.25, -0.2) is 4.98 Å². The first kappa shape index (κ1) is 23.5. The number of pyridine rings is 1. The number of nitrogens with zero attached hydrogens (tertiary/aromatic N) is 2. The number of nitro benzene ring substituents is 1. The van der Waals surface area contributed by atoms with E-state index in [1.807, 2.05) is 0 Å². The van der Waals surface area contributed by atoms with Gasteiger partial charge >= 0.3 is 11.9 Å². The number of anilines is 1. The van der Waals surface area contributed by atoms with E-state index in [0.717, 1.165) is 18.2 Å². The van der Waals surface area contributed by atoms with Gasteiger partial charge in [-0.1, -0.05) is 0 Å². The third-order valence-corrected chi connectivity index (χ3v) is 4.04. The molecule has 2 rings (SSSR count). The summed E-state index contributed by atoms with van der Waals surface area (Å²) in [5.74, 6) is -0.872. The fourth-order valence-electron chi connectivity index (χ4n) is 2.62. The minimum absolute atomic E-state index is 0.00461. The van der Waals surface area contributed by atoms with Crippen LogP contribution in [0.5, 0.6) is 17.2 Å². The molecule has 0 radical (unpaired) electrons. The predicted molar refractivity (Wildman–Crippen MR) is 103 cm³/mol. The van der Waals surface area contributed by atoms with Gasteiger partial charge in [0.1, 0.15) is 11.4 Å². The van der Waals surface area contributed by atoms with Crippen LogP contribution in [0.15, 0.2) is 24.4 Å². The fraction of sp³-hybridized carbons (Fsp3) is 0.333. The third kappa shape index (κ3) is 5.43. The maximum Gasteiger partial charge on any atom is 0.417 e. The van der Waals surface area contributed by atoms with Crippen LogP contribution >= 0.6 is 0 Å². The molecule has 0 fully saturated rings. The van der Waals surface area contributed by atoms with Crippen LogP contribution in [0.4, 0.5) is 24.7 Å². The van der Waals surface area contributed by atoms with Crippen LogP contribution < -0.4 is 24.8 Å². The van der Waals surface area contributed by atoms with Gasteiger partial charge in [0.2, 0.25) is 11.5 Å². The van der Waals surface area contributed by atoms with Crippen molar-refractivity contribution in [1.29, 1.82) is 0 Å². The van der Waals surface area contributed by atoms with Crippen molar-refractivity contribution in [1.82, 2.24) is 10.3 Å². The summed E-state index contributed by atoms with van der Waals surface area (Å²) < 4.78 is 52.9. The Morgan fingerprint density at radius 1 is 1.13 bits per heavy atom. The second-order valence-electron chi connectivity index (χ2n) is 5.91. The summed E-state index contributed by atoms with van der Waals surface area (Å²) in [5.41, 5.74) is -1.80. The number of halogens is 3. The number of carbonyl (C=O) groups is 1. The van der Waals surface area contributed by atoms with Gasteiger partial charge in [0.15, 0.2) is 5.75 Å². The number of carbonyl (C=O) groups excluding carboxylic acids is 1. The largest absolute Gasteiger partial charge is 0.493 e. The summed E-state index contributed by atoms with van der Waals surface area (Å²) in [6.07, 6.45) is -3.81. The van der Waals surface area contributed by atoms with Gasteiger partial charge in [-0.15, -0.1) is 0 Å². The van der Waals surface area contributed by atoms with E-state index in [4.69, 9.17) is 14.2 Å². The topological polar surface area (TPSA) is 125 Å². The highest BCUT2D eigenvalue weighted by molar-refractivity contribution is 6.00. The van der Waals surface area contributed by atoms with E-state index >= 15 is 0 Å². The van der Waals surface area contributed by atoms with Gasteiger partial charge in [0, 0.05) is 25.4 Å². The number of hydrogen-bond donors (Lipinski definition) is 2. The summed E-state index contributed by atoms with van der Waals surface area (Å²) in [6.45, 7) is 0.0949. The highest BCUT2D eigenvalue weighted by Crippen LogP contribution is 2.46. The first-order valence-corrected chi connectivity index (χ1v) is 8.66. The average molecular weight is 444 g/mol. The molecule has 2 N–H and O–H groups in total. The van der Waals surface area contributed by atoms with E-state index in [1.54, 1.807) is 0 Å². The molecule has 0 saturated carbocycles. The lowest BCUT2D eigenvalue weighted by atomic mass is 10.1. The van der Waals surface area contributed by atoms with Crippen LogP contribution in [-0.4, -0.2) is 50.2 Å². The molecule has 1 aromatic heterocycles. The van der Waals surface area contributed by atoms with E-state index in [0.29, 0.717) is 6.20 Å². The molecule has 31 heavy (non-hydrogen) atoms. The average Bonchev–Trinajstić information content (AvgIpc) is 2.74. The van der Waals surface area contributed by atoms with Crippen LogP contribution in [0.2, 0.25) is 0 Å². The molecule has 0 atom stereocenters. The Balaban J connectivity index is 2.10. The number of benzene rings is 1. The normalized spacial score (nSPS) is 10.9. The molecular formula is C18H19F3N4O6. The second-order valence-corrected chi connectivity index (χ2v) is 5.91. The number of methoxy groups -OCH3 is 3. The molecule has 0 saturated heterocycles. The zero-order valence-corrected chi connectivity index (χ0v) is 16.7. The molecule has 1 aromatic carbocycles. The van der Waals surface area contributed by atoms with Gasteiger partial charge in [0.05, 0.1) is 31.8 Å². The van der Waals surface area contributed by atoms with Crippen LogP contribution in [-0.2, 0) is 6.18 Å². The molecule has 1 amide bonds. The predicted octanol–water partition coefficient (Wildman–Crippen LogP) is 2.88. The van der Waals surface area contributed by atoms with Crippen molar-refractivity contribution in [3.05, 3.63) is 45.6 Å². The third-order valence-electron chi connectivity index (χ3n) is 4.04. The van der Waals surface area contributed by atoms with Crippen molar-refractivity contribution in [2.45, 2.75) is 6.18 Å². The van der Waals surface area contributed by atoms with Gasteiger partial charge in [-0.3, -0.25) is 14.9 Å². The van der Waals surface area contributed by atoms with Crippen molar-refractivity contribution >= 4 is 17.4 Å². The number of amides is 1. The Hall–Kier alpha value is -3.77. The van der Waals surface area contributed by atoms with E-state index in [2.05, 4.69) is 15.6 Å². The standard InChI is InChI=1S/C18H19F3N4O6/c1-29-12-8-11(14(25(27)28)16(31-3)15(12)30-2)17(26)23-7-6-22-13-5-4-10(9-24-13)18(19,20)21/h4-5,8-9H,6-7H2,1-3H3,(H,22,24)(H,23,26). The van der Waals surface area contributed by atoms with Crippen molar-refractivity contribution in [3.8, 4) is 17.2 Å². The molecule has 2 aromatic rings. The Morgan fingerprint density at radius 2 is 1.81 bits per heavy atom. The monoisotopic (exact) mass is 444 g/mol. The van der Waals surface area contributed by atoms with Crippen LogP contribution in [0.1, 0.15) is 15.9 Å². The SMILES string of the molecule is COc1cc(C(=O)NCCNc2ccc(C(F)(F)F)cn2)c([N+](=O)[O-])c(OC)c1OC. The van der Waals surface area contributed by atoms with Crippen molar-refractivity contribution in [2.24, 2.45) is 0 Å². The minimum atomic E-state index is -4.49.